The van der Waals surface area contributed by atoms with E-state index >= 15 is 0 Å². The summed E-state index contributed by atoms with van der Waals surface area (Å²) in [4.78, 5) is 12.5. The number of benzene rings is 1. The Morgan fingerprint density at radius 2 is 1.83 bits per heavy atom. The minimum absolute atomic E-state index is 0.0636. The van der Waals surface area contributed by atoms with E-state index in [4.69, 9.17) is 0 Å². The van der Waals surface area contributed by atoms with Crippen LogP contribution in [0.15, 0.2) is 35.2 Å². The highest BCUT2D eigenvalue weighted by Gasteiger charge is 2.32. The molecule has 2 saturated heterocycles. The number of hydrogen-bond acceptors (Lipinski definition) is 4. The van der Waals surface area contributed by atoms with E-state index < -0.39 is 10.0 Å². The number of sulfonamides is 1. The second-order valence-electron chi connectivity index (χ2n) is 6.26. The predicted molar refractivity (Wildman–Crippen MR) is 87.3 cm³/mol. The van der Waals surface area contributed by atoms with Crippen LogP contribution in [0.4, 0.5) is 0 Å². The van der Waals surface area contributed by atoms with Gasteiger partial charge in [0.05, 0.1) is 4.90 Å². The first-order valence-corrected chi connectivity index (χ1v) is 9.55. The molecule has 0 bridgehead atoms. The average Bonchev–Trinajstić information content (AvgIpc) is 2.54. The Morgan fingerprint density at radius 1 is 1.17 bits per heavy atom. The van der Waals surface area contributed by atoms with Gasteiger partial charge < -0.3 is 10.6 Å². The van der Waals surface area contributed by atoms with Crippen molar-refractivity contribution in [2.24, 2.45) is 11.8 Å². The first-order chi connectivity index (χ1) is 11.1. The molecule has 0 radical (unpaired) electrons. The Kier molecular flexibility index (Phi) is 4.99. The molecule has 7 heteroatoms. The van der Waals surface area contributed by atoms with Crippen molar-refractivity contribution in [3.8, 4) is 0 Å². The van der Waals surface area contributed by atoms with E-state index in [1.54, 1.807) is 30.3 Å². The van der Waals surface area contributed by atoms with Gasteiger partial charge in [-0.15, -0.1) is 0 Å². The van der Waals surface area contributed by atoms with E-state index in [9.17, 15) is 13.2 Å². The number of nitrogens with one attached hydrogen (secondary N) is 2. The van der Waals surface area contributed by atoms with Gasteiger partial charge in [-0.1, -0.05) is 18.2 Å². The maximum absolute atomic E-state index is 12.5. The van der Waals surface area contributed by atoms with Crippen LogP contribution in [0.3, 0.4) is 0 Å². The molecule has 1 amide bonds. The van der Waals surface area contributed by atoms with Crippen LogP contribution in [0.1, 0.15) is 12.8 Å². The van der Waals surface area contributed by atoms with Crippen LogP contribution < -0.4 is 10.6 Å². The molecule has 2 heterocycles. The molecule has 126 valence electrons. The zero-order valence-electron chi connectivity index (χ0n) is 13.1. The molecular formula is C16H23N3O3S. The van der Waals surface area contributed by atoms with Crippen LogP contribution in [-0.4, -0.2) is 51.4 Å². The zero-order chi connectivity index (χ0) is 16.3. The van der Waals surface area contributed by atoms with E-state index in [2.05, 4.69) is 10.6 Å². The SMILES string of the molecule is O=C(NCC1CNC1)C1CCN(S(=O)(=O)c2ccccc2)CC1. The summed E-state index contributed by atoms with van der Waals surface area (Å²) in [6.45, 7) is 3.46. The van der Waals surface area contributed by atoms with Gasteiger partial charge in [0.2, 0.25) is 15.9 Å². The van der Waals surface area contributed by atoms with Gasteiger partial charge in [0.15, 0.2) is 0 Å². The molecule has 0 aromatic heterocycles. The first-order valence-electron chi connectivity index (χ1n) is 8.11. The lowest BCUT2D eigenvalue weighted by molar-refractivity contribution is -0.126. The van der Waals surface area contributed by atoms with Gasteiger partial charge in [0, 0.05) is 44.6 Å². The van der Waals surface area contributed by atoms with E-state index in [0.29, 0.717) is 43.3 Å². The van der Waals surface area contributed by atoms with Crippen molar-refractivity contribution in [1.82, 2.24) is 14.9 Å². The molecular weight excluding hydrogens is 314 g/mol. The van der Waals surface area contributed by atoms with Crippen LogP contribution in [0.25, 0.3) is 0 Å². The maximum Gasteiger partial charge on any atom is 0.243 e. The highest BCUT2D eigenvalue weighted by atomic mass is 32.2. The summed E-state index contributed by atoms with van der Waals surface area (Å²) >= 11 is 0. The number of nitrogens with zero attached hydrogens (tertiary/aromatic N) is 1. The van der Waals surface area contributed by atoms with E-state index in [0.717, 1.165) is 13.1 Å². The smallest absolute Gasteiger partial charge is 0.243 e. The Bertz CT molecular complexity index is 636. The fourth-order valence-electron chi connectivity index (χ4n) is 2.98. The van der Waals surface area contributed by atoms with Gasteiger partial charge in [-0.3, -0.25) is 4.79 Å². The van der Waals surface area contributed by atoms with Crippen LogP contribution in [0.5, 0.6) is 0 Å². The number of hydrogen-bond donors (Lipinski definition) is 2. The summed E-state index contributed by atoms with van der Waals surface area (Å²) in [6.07, 6.45) is 1.17. The van der Waals surface area contributed by atoms with Gasteiger partial charge in [-0.05, 0) is 25.0 Å². The number of carbonyl (C=O) groups excluding carboxylic acids is 1. The molecule has 1 aromatic carbocycles. The van der Waals surface area contributed by atoms with Gasteiger partial charge in [-0.2, -0.15) is 4.31 Å². The average molecular weight is 337 g/mol. The molecule has 2 aliphatic rings. The van der Waals surface area contributed by atoms with Gasteiger partial charge in [-0.25, -0.2) is 8.42 Å². The standard InChI is InChI=1S/C16H23N3O3S/c20-16(18-12-13-10-17-11-13)14-6-8-19(9-7-14)23(21,22)15-4-2-1-3-5-15/h1-5,13-14,17H,6-12H2,(H,18,20). The molecule has 2 N–H and O–H groups in total. The minimum atomic E-state index is -3.44. The maximum atomic E-state index is 12.5. The molecule has 0 atom stereocenters. The number of rotatable bonds is 5. The van der Waals surface area contributed by atoms with Crippen molar-refractivity contribution in [2.45, 2.75) is 17.7 Å². The molecule has 23 heavy (non-hydrogen) atoms. The summed E-state index contributed by atoms with van der Waals surface area (Å²) in [7, 11) is -3.44. The summed E-state index contributed by atoms with van der Waals surface area (Å²) in [5.74, 6) is 0.524. The summed E-state index contributed by atoms with van der Waals surface area (Å²) in [5, 5.41) is 6.17. The fraction of sp³-hybridized carbons (Fsp3) is 0.562. The van der Waals surface area contributed by atoms with E-state index in [-0.39, 0.29) is 11.8 Å². The highest BCUT2D eigenvalue weighted by Crippen LogP contribution is 2.23. The molecule has 0 aliphatic carbocycles. The normalized spacial score (nSPS) is 20.9. The monoisotopic (exact) mass is 337 g/mol. The minimum Gasteiger partial charge on any atom is -0.355 e. The molecule has 3 rings (SSSR count). The van der Waals surface area contributed by atoms with Crippen molar-refractivity contribution < 1.29 is 13.2 Å². The van der Waals surface area contributed by atoms with Crippen molar-refractivity contribution >= 4 is 15.9 Å². The van der Waals surface area contributed by atoms with Gasteiger partial charge in [0.1, 0.15) is 0 Å². The summed E-state index contributed by atoms with van der Waals surface area (Å²) < 4.78 is 26.6. The number of carbonyl (C=O) groups is 1. The number of piperidine rings is 1. The van der Waals surface area contributed by atoms with Crippen LogP contribution in [-0.2, 0) is 14.8 Å². The Hall–Kier alpha value is -1.44. The molecule has 0 unspecified atom stereocenters. The highest BCUT2D eigenvalue weighted by molar-refractivity contribution is 7.89. The van der Waals surface area contributed by atoms with Gasteiger partial charge in [0.25, 0.3) is 0 Å². The van der Waals surface area contributed by atoms with Crippen LogP contribution in [0.2, 0.25) is 0 Å². The Balaban J connectivity index is 1.52. The summed E-state index contributed by atoms with van der Waals surface area (Å²) in [6, 6.07) is 8.47. The third-order valence-electron chi connectivity index (χ3n) is 4.64. The van der Waals surface area contributed by atoms with Crippen molar-refractivity contribution in [3.63, 3.8) is 0 Å². The Morgan fingerprint density at radius 3 is 2.39 bits per heavy atom. The lowest BCUT2D eigenvalue weighted by atomic mass is 9.96. The largest absolute Gasteiger partial charge is 0.355 e. The molecule has 0 spiro atoms. The topological polar surface area (TPSA) is 78.5 Å². The quantitative estimate of drug-likeness (QED) is 0.816. The molecule has 2 aliphatic heterocycles. The second-order valence-corrected chi connectivity index (χ2v) is 8.20. The van der Waals surface area contributed by atoms with Crippen molar-refractivity contribution in [2.75, 3.05) is 32.7 Å². The molecule has 0 saturated carbocycles. The molecule has 1 aromatic rings. The summed E-state index contributed by atoms with van der Waals surface area (Å²) in [5.41, 5.74) is 0. The second kappa shape index (κ2) is 6.98. The van der Waals surface area contributed by atoms with Crippen LogP contribution in [0, 0.1) is 11.8 Å². The first kappa shape index (κ1) is 16.4. The van der Waals surface area contributed by atoms with Crippen LogP contribution >= 0.6 is 0 Å². The molecule has 2 fully saturated rings. The third-order valence-corrected chi connectivity index (χ3v) is 6.55. The lowest BCUT2D eigenvalue weighted by Crippen LogP contribution is -2.50. The lowest BCUT2D eigenvalue weighted by Gasteiger charge is -2.32. The van der Waals surface area contributed by atoms with Crippen molar-refractivity contribution in [3.05, 3.63) is 30.3 Å². The van der Waals surface area contributed by atoms with E-state index in [1.165, 1.54) is 4.31 Å². The third kappa shape index (κ3) is 3.73. The Labute approximate surface area is 137 Å². The number of amides is 1. The molecule has 6 nitrogen and oxygen atoms in total. The van der Waals surface area contributed by atoms with E-state index in [1.807, 2.05) is 0 Å². The van der Waals surface area contributed by atoms with Gasteiger partial charge >= 0.3 is 0 Å². The predicted octanol–water partition coefficient (Wildman–Crippen LogP) is 0.423. The van der Waals surface area contributed by atoms with Crippen molar-refractivity contribution in [1.29, 1.82) is 0 Å². The zero-order valence-corrected chi connectivity index (χ0v) is 13.9. The fourth-order valence-corrected chi connectivity index (χ4v) is 4.47.